The summed E-state index contributed by atoms with van der Waals surface area (Å²) >= 11 is 6.16. The normalized spacial score (nSPS) is 17.1. The summed E-state index contributed by atoms with van der Waals surface area (Å²) in [6.07, 6.45) is 1.34. The van der Waals surface area contributed by atoms with Crippen LogP contribution in [0.2, 0.25) is 5.02 Å². The van der Waals surface area contributed by atoms with E-state index in [2.05, 4.69) is 9.30 Å². The molecule has 1 aliphatic heterocycles. The van der Waals surface area contributed by atoms with Crippen molar-refractivity contribution in [3.8, 4) is 0 Å². The Hall–Kier alpha value is -1.60. The number of carbonyl (C=O) groups is 1. The molecular weight excluding hydrogens is 398 g/mol. The van der Waals surface area contributed by atoms with Gasteiger partial charge < -0.3 is 14.5 Å². The number of carbonyl (C=O) groups excluding carboxylic acids is 1. The Labute approximate surface area is 175 Å². The zero-order valence-electron chi connectivity index (χ0n) is 17.5. The van der Waals surface area contributed by atoms with E-state index in [1.807, 2.05) is 59.7 Å². The third-order valence-electron chi connectivity index (χ3n) is 4.07. The monoisotopic (exact) mass is 427 g/mol. The van der Waals surface area contributed by atoms with Gasteiger partial charge in [0.15, 0.2) is 0 Å². The van der Waals surface area contributed by atoms with Gasteiger partial charge in [-0.2, -0.15) is 4.40 Å². The number of rotatable bonds is 3. The Morgan fingerprint density at radius 2 is 1.75 bits per heavy atom. The fourth-order valence-corrected chi connectivity index (χ4v) is 3.34. The van der Waals surface area contributed by atoms with Crippen LogP contribution in [0.3, 0.4) is 0 Å². The highest BCUT2D eigenvalue weighted by Crippen LogP contribution is 2.25. The van der Waals surface area contributed by atoms with E-state index in [1.165, 1.54) is 0 Å². The summed E-state index contributed by atoms with van der Waals surface area (Å²) < 4.78 is 21.5. The first-order valence-corrected chi connectivity index (χ1v) is 10.8. The molecule has 0 aliphatic carbocycles. The second kappa shape index (κ2) is 8.82. The SMILES string of the molecule is CC(C)(C)OC(=O)N1CCN(c2ccc(Cl)cc2/C=N/[S@@](=O)C(C)(C)C)CC1. The van der Waals surface area contributed by atoms with Crippen molar-refractivity contribution in [2.45, 2.75) is 51.9 Å². The predicted octanol–water partition coefficient (Wildman–Crippen LogP) is 4.28. The van der Waals surface area contributed by atoms with Gasteiger partial charge in [0.2, 0.25) is 0 Å². The van der Waals surface area contributed by atoms with E-state index in [0.717, 1.165) is 11.3 Å². The van der Waals surface area contributed by atoms with Gasteiger partial charge in [-0.05, 0) is 59.7 Å². The van der Waals surface area contributed by atoms with E-state index in [0.29, 0.717) is 31.2 Å². The molecule has 1 aliphatic rings. The molecule has 1 amide bonds. The molecule has 0 aromatic heterocycles. The van der Waals surface area contributed by atoms with Crippen molar-refractivity contribution < 1.29 is 13.7 Å². The third kappa shape index (κ3) is 6.48. The Bertz CT molecular complexity index is 761. The van der Waals surface area contributed by atoms with Crippen LogP contribution in [-0.4, -0.2) is 57.9 Å². The number of hydrogen-bond acceptors (Lipinski definition) is 4. The third-order valence-corrected chi connectivity index (χ3v) is 5.65. The average molecular weight is 428 g/mol. The van der Waals surface area contributed by atoms with Crippen LogP contribution in [0.25, 0.3) is 0 Å². The van der Waals surface area contributed by atoms with Crippen molar-refractivity contribution in [3.63, 3.8) is 0 Å². The summed E-state index contributed by atoms with van der Waals surface area (Å²) in [4.78, 5) is 16.2. The van der Waals surface area contributed by atoms with Crippen LogP contribution in [0, 0.1) is 0 Å². The lowest BCUT2D eigenvalue weighted by molar-refractivity contribution is 0.0240. The van der Waals surface area contributed by atoms with Gasteiger partial charge in [-0.15, -0.1) is 0 Å². The molecule has 1 fully saturated rings. The van der Waals surface area contributed by atoms with Gasteiger partial charge in [-0.1, -0.05) is 11.6 Å². The number of amides is 1. The van der Waals surface area contributed by atoms with Crippen LogP contribution < -0.4 is 4.90 Å². The standard InChI is InChI=1S/C20H30ClN3O3S/c1-19(2,3)27-18(25)24-11-9-23(10-12-24)17-8-7-16(21)13-15(17)14-22-28(26)20(4,5)6/h7-8,13-14H,9-12H2,1-6H3/b22-14+/t28-/m0/s1. The van der Waals surface area contributed by atoms with Gasteiger partial charge in [0.05, 0.1) is 4.75 Å². The van der Waals surface area contributed by atoms with E-state index in [-0.39, 0.29) is 6.09 Å². The van der Waals surface area contributed by atoms with Crippen LogP contribution in [0.5, 0.6) is 0 Å². The molecule has 1 heterocycles. The molecule has 6 nitrogen and oxygen atoms in total. The number of piperazine rings is 1. The van der Waals surface area contributed by atoms with Crippen molar-refractivity contribution >= 4 is 40.6 Å². The molecule has 1 aromatic carbocycles. The smallest absolute Gasteiger partial charge is 0.410 e. The number of hydrogen-bond donors (Lipinski definition) is 0. The van der Waals surface area contributed by atoms with Crippen molar-refractivity contribution in [3.05, 3.63) is 28.8 Å². The largest absolute Gasteiger partial charge is 0.444 e. The minimum absolute atomic E-state index is 0.286. The second-order valence-electron chi connectivity index (χ2n) is 8.75. The lowest BCUT2D eigenvalue weighted by atomic mass is 10.1. The van der Waals surface area contributed by atoms with Crippen LogP contribution in [0.4, 0.5) is 10.5 Å². The Balaban J connectivity index is 2.12. The molecule has 8 heteroatoms. The van der Waals surface area contributed by atoms with Crippen LogP contribution in [0.15, 0.2) is 22.6 Å². The molecule has 0 bridgehead atoms. The van der Waals surface area contributed by atoms with Gasteiger partial charge in [0, 0.05) is 48.7 Å². The molecule has 0 unspecified atom stereocenters. The number of nitrogens with zero attached hydrogens (tertiary/aromatic N) is 3. The van der Waals surface area contributed by atoms with E-state index in [4.69, 9.17) is 16.3 Å². The highest BCUT2D eigenvalue weighted by molar-refractivity contribution is 7.85. The summed E-state index contributed by atoms with van der Waals surface area (Å²) in [6.45, 7) is 13.7. The molecule has 28 heavy (non-hydrogen) atoms. The summed E-state index contributed by atoms with van der Waals surface area (Å²) in [6, 6.07) is 5.59. The molecule has 0 N–H and O–H groups in total. The van der Waals surface area contributed by atoms with Crippen molar-refractivity contribution in [2.24, 2.45) is 4.40 Å². The molecule has 156 valence electrons. The van der Waals surface area contributed by atoms with Gasteiger partial charge >= 0.3 is 6.09 Å². The minimum atomic E-state index is -1.34. The second-order valence-corrected chi connectivity index (χ2v) is 11.1. The van der Waals surface area contributed by atoms with E-state index in [1.54, 1.807) is 11.1 Å². The van der Waals surface area contributed by atoms with E-state index < -0.39 is 21.3 Å². The van der Waals surface area contributed by atoms with Crippen molar-refractivity contribution in [2.75, 3.05) is 31.1 Å². The van der Waals surface area contributed by atoms with Gasteiger partial charge in [-0.3, -0.25) is 0 Å². The number of anilines is 1. The first-order valence-electron chi connectivity index (χ1n) is 9.35. The van der Waals surface area contributed by atoms with Gasteiger partial charge in [0.25, 0.3) is 0 Å². The molecule has 0 spiro atoms. The van der Waals surface area contributed by atoms with E-state index in [9.17, 15) is 9.00 Å². The highest BCUT2D eigenvalue weighted by Gasteiger charge is 2.26. The quantitative estimate of drug-likeness (QED) is 0.675. The Morgan fingerprint density at radius 1 is 1.14 bits per heavy atom. The maximum absolute atomic E-state index is 12.3. The van der Waals surface area contributed by atoms with Crippen molar-refractivity contribution in [1.29, 1.82) is 0 Å². The van der Waals surface area contributed by atoms with Gasteiger partial charge in [0.1, 0.15) is 16.6 Å². The van der Waals surface area contributed by atoms with E-state index >= 15 is 0 Å². The minimum Gasteiger partial charge on any atom is -0.444 e. The fraction of sp³-hybridized carbons (Fsp3) is 0.600. The van der Waals surface area contributed by atoms with Crippen LogP contribution in [-0.2, 0) is 15.7 Å². The topological polar surface area (TPSA) is 62.2 Å². The molecular formula is C20H30ClN3O3S. The maximum atomic E-state index is 12.3. The zero-order chi connectivity index (χ0) is 21.1. The summed E-state index contributed by atoms with van der Waals surface area (Å²) in [7, 11) is -1.34. The fourth-order valence-electron chi connectivity index (χ4n) is 2.64. The maximum Gasteiger partial charge on any atom is 0.410 e. The summed E-state index contributed by atoms with van der Waals surface area (Å²) in [5.41, 5.74) is 1.27. The average Bonchev–Trinajstić information content (AvgIpc) is 2.57. The zero-order valence-corrected chi connectivity index (χ0v) is 19.1. The highest BCUT2D eigenvalue weighted by atomic mass is 35.5. The first kappa shape index (κ1) is 22.7. The predicted molar refractivity (Wildman–Crippen MR) is 117 cm³/mol. The summed E-state index contributed by atoms with van der Waals surface area (Å²) in [5, 5.41) is 0.596. The molecule has 1 atom stereocenters. The Kier molecular flexibility index (Phi) is 7.15. The molecule has 2 rings (SSSR count). The lowest BCUT2D eigenvalue weighted by Crippen LogP contribution is -2.50. The number of ether oxygens (including phenoxy) is 1. The first-order chi connectivity index (χ1) is 12.9. The summed E-state index contributed by atoms with van der Waals surface area (Å²) in [5.74, 6) is 0. The Morgan fingerprint density at radius 3 is 2.29 bits per heavy atom. The molecule has 1 aromatic rings. The van der Waals surface area contributed by atoms with Crippen LogP contribution in [0.1, 0.15) is 47.1 Å². The molecule has 0 saturated carbocycles. The number of benzene rings is 1. The van der Waals surface area contributed by atoms with Crippen LogP contribution >= 0.6 is 11.6 Å². The molecule has 1 saturated heterocycles. The van der Waals surface area contributed by atoms with Gasteiger partial charge in [-0.25, -0.2) is 9.00 Å². The number of halogens is 1. The van der Waals surface area contributed by atoms with Crippen molar-refractivity contribution in [1.82, 2.24) is 4.90 Å². The lowest BCUT2D eigenvalue weighted by Gasteiger charge is -2.37. The molecule has 0 radical (unpaired) electrons.